The molecule has 1 aromatic carbocycles. The molecule has 0 saturated carbocycles. The maximum atomic E-state index is 12.2. The van der Waals surface area contributed by atoms with E-state index in [-0.39, 0.29) is 11.7 Å². The van der Waals surface area contributed by atoms with Crippen molar-refractivity contribution in [2.24, 2.45) is 17.6 Å². The largest absolute Gasteiger partial charge is 0.496 e. The molecule has 0 aliphatic heterocycles. The maximum Gasteiger partial charge on any atom is 0.137 e. The van der Waals surface area contributed by atoms with Gasteiger partial charge in [-0.3, -0.25) is 4.79 Å². The fourth-order valence-electron chi connectivity index (χ4n) is 2.42. The highest BCUT2D eigenvalue weighted by Gasteiger charge is 2.16. The molecule has 0 aliphatic rings. The Balaban J connectivity index is 2.68. The van der Waals surface area contributed by atoms with E-state index in [2.05, 4.69) is 29.8 Å². The lowest BCUT2D eigenvalue weighted by Crippen LogP contribution is -2.21. The summed E-state index contributed by atoms with van der Waals surface area (Å²) in [5.74, 6) is 1.82. The van der Waals surface area contributed by atoms with Gasteiger partial charge >= 0.3 is 0 Å². The van der Waals surface area contributed by atoms with E-state index in [9.17, 15) is 4.79 Å². The normalized spacial score (nSPS) is 12.5. The third-order valence-corrected chi connectivity index (χ3v) is 3.78. The summed E-state index contributed by atoms with van der Waals surface area (Å²) in [5.41, 5.74) is 6.68. The van der Waals surface area contributed by atoms with Gasteiger partial charge < -0.3 is 10.5 Å². The van der Waals surface area contributed by atoms with Crippen molar-refractivity contribution < 1.29 is 9.53 Å². The fourth-order valence-corrected chi connectivity index (χ4v) is 2.83. The smallest absolute Gasteiger partial charge is 0.137 e. The Morgan fingerprint density at radius 1 is 1.40 bits per heavy atom. The number of ketones is 1. The first kappa shape index (κ1) is 17.2. The number of Topliss-reactive ketones (excluding diaryl/α,β-unsaturated/α-hetero) is 1. The monoisotopic (exact) mass is 341 g/mol. The maximum absolute atomic E-state index is 12.2. The standard InChI is InChI=1S/C16H24BrNO2/c1-11(2)6-12(10-18)7-15(19)9-13-8-14(17)4-5-16(13)20-3/h4-5,8,11-12H,6-7,9-10,18H2,1-3H3. The molecular weight excluding hydrogens is 318 g/mol. The molecule has 0 radical (unpaired) electrons. The lowest BCUT2D eigenvalue weighted by Gasteiger charge is -2.16. The molecule has 1 aromatic rings. The summed E-state index contributed by atoms with van der Waals surface area (Å²) in [4.78, 5) is 12.2. The van der Waals surface area contributed by atoms with Crippen LogP contribution in [0.3, 0.4) is 0 Å². The number of benzene rings is 1. The topological polar surface area (TPSA) is 52.3 Å². The molecule has 0 bridgehead atoms. The van der Waals surface area contributed by atoms with Crippen molar-refractivity contribution in [2.75, 3.05) is 13.7 Å². The van der Waals surface area contributed by atoms with Crippen LogP contribution in [-0.4, -0.2) is 19.4 Å². The zero-order valence-electron chi connectivity index (χ0n) is 12.5. The van der Waals surface area contributed by atoms with Crippen LogP contribution in [0.2, 0.25) is 0 Å². The minimum Gasteiger partial charge on any atom is -0.496 e. The van der Waals surface area contributed by atoms with Crippen LogP contribution in [0.4, 0.5) is 0 Å². The molecule has 1 rings (SSSR count). The van der Waals surface area contributed by atoms with Crippen molar-refractivity contribution >= 4 is 21.7 Å². The van der Waals surface area contributed by atoms with Gasteiger partial charge in [-0.1, -0.05) is 29.8 Å². The predicted molar refractivity (Wildman–Crippen MR) is 86.0 cm³/mol. The number of hydrogen-bond acceptors (Lipinski definition) is 3. The zero-order valence-corrected chi connectivity index (χ0v) is 14.1. The number of ether oxygens (including phenoxy) is 1. The molecule has 0 aliphatic carbocycles. The number of carbonyl (C=O) groups excluding carboxylic acids is 1. The van der Waals surface area contributed by atoms with Crippen molar-refractivity contribution in [3.05, 3.63) is 28.2 Å². The predicted octanol–water partition coefficient (Wildman–Crippen LogP) is 3.58. The molecule has 0 aromatic heterocycles. The minimum absolute atomic E-state index is 0.220. The van der Waals surface area contributed by atoms with E-state index < -0.39 is 0 Å². The van der Waals surface area contributed by atoms with Crippen molar-refractivity contribution in [1.29, 1.82) is 0 Å². The Labute approximate surface area is 130 Å². The number of hydrogen-bond donors (Lipinski definition) is 1. The lowest BCUT2D eigenvalue weighted by atomic mass is 9.91. The number of rotatable bonds is 8. The van der Waals surface area contributed by atoms with Crippen LogP contribution in [0, 0.1) is 11.8 Å². The van der Waals surface area contributed by atoms with Crippen LogP contribution in [0.5, 0.6) is 5.75 Å². The minimum atomic E-state index is 0.220. The Hall–Kier alpha value is -0.870. The average molecular weight is 342 g/mol. The van der Waals surface area contributed by atoms with Gasteiger partial charge in [-0.2, -0.15) is 0 Å². The highest BCUT2D eigenvalue weighted by Crippen LogP contribution is 2.24. The molecule has 0 heterocycles. The first-order valence-electron chi connectivity index (χ1n) is 7.00. The molecule has 3 nitrogen and oxygen atoms in total. The van der Waals surface area contributed by atoms with E-state index in [1.54, 1.807) is 7.11 Å². The van der Waals surface area contributed by atoms with Crippen LogP contribution >= 0.6 is 15.9 Å². The molecule has 0 saturated heterocycles. The SMILES string of the molecule is COc1ccc(Br)cc1CC(=O)CC(CN)CC(C)C. The summed E-state index contributed by atoms with van der Waals surface area (Å²) in [6.07, 6.45) is 1.94. The fraction of sp³-hybridized carbons (Fsp3) is 0.562. The summed E-state index contributed by atoms with van der Waals surface area (Å²) in [7, 11) is 1.62. The highest BCUT2D eigenvalue weighted by atomic mass is 79.9. The summed E-state index contributed by atoms with van der Waals surface area (Å²) in [5, 5.41) is 0. The van der Waals surface area contributed by atoms with Crippen molar-refractivity contribution in [3.63, 3.8) is 0 Å². The Bertz CT molecular complexity index is 446. The lowest BCUT2D eigenvalue weighted by molar-refractivity contribution is -0.119. The van der Waals surface area contributed by atoms with Gasteiger partial charge in [0.2, 0.25) is 0 Å². The first-order valence-corrected chi connectivity index (χ1v) is 7.79. The Morgan fingerprint density at radius 2 is 2.10 bits per heavy atom. The third-order valence-electron chi connectivity index (χ3n) is 3.28. The molecule has 0 amide bonds. The Morgan fingerprint density at radius 3 is 2.65 bits per heavy atom. The van der Waals surface area contributed by atoms with Crippen LogP contribution in [0.1, 0.15) is 32.3 Å². The van der Waals surface area contributed by atoms with Crippen molar-refractivity contribution in [3.8, 4) is 5.75 Å². The number of methoxy groups -OCH3 is 1. The van der Waals surface area contributed by atoms with E-state index in [1.165, 1.54) is 0 Å². The molecule has 112 valence electrons. The van der Waals surface area contributed by atoms with Crippen LogP contribution < -0.4 is 10.5 Å². The van der Waals surface area contributed by atoms with Gasteiger partial charge in [0.1, 0.15) is 11.5 Å². The molecule has 1 atom stereocenters. The molecule has 4 heteroatoms. The molecule has 0 spiro atoms. The second kappa shape index (κ2) is 8.42. The van der Waals surface area contributed by atoms with E-state index in [0.717, 1.165) is 22.2 Å². The van der Waals surface area contributed by atoms with Crippen molar-refractivity contribution in [2.45, 2.75) is 33.1 Å². The average Bonchev–Trinajstić information content (AvgIpc) is 2.37. The van der Waals surface area contributed by atoms with Gasteiger partial charge in [0, 0.05) is 22.9 Å². The van der Waals surface area contributed by atoms with E-state index >= 15 is 0 Å². The van der Waals surface area contributed by atoms with Gasteiger partial charge in [-0.15, -0.1) is 0 Å². The second-order valence-corrected chi connectivity index (χ2v) is 6.52. The number of halogens is 1. The highest BCUT2D eigenvalue weighted by molar-refractivity contribution is 9.10. The summed E-state index contributed by atoms with van der Waals surface area (Å²) in [6.45, 7) is 4.88. The van der Waals surface area contributed by atoms with Crippen LogP contribution in [0.25, 0.3) is 0 Å². The number of nitrogens with two attached hydrogens (primary N) is 1. The van der Waals surface area contributed by atoms with Gasteiger partial charge in [-0.05, 0) is 43.0 Å². The Kier molecular flexibility index (Phi) is 7.24. The number of carbonyl (C=O) groups is 1. The summed E-state index contributed by atoms with van der Waals surface area (Å²) in [6, 6.07) is 5.73. The van der Waals surface area contributed by atoms with Gasteiger partial charge in [0.25, 0.3) is 0 Å². The first-order chi connectivity index (χ1) is 9.46. The second-order valence-electron chi connectivity index (χ2n) is 5.61. The molecular formula is C16H24BrNO2. The zero-order chi connectivity index (χ0) is 15.1. The van der Waals surface area contributed by atoms with E-state index in [4.69, 9.17) is 10.5 Å². The van der Waals surface area contributed by atoms with Crippen LogP contribution in [0.15, 0.2) is 22.7 Å². The molecule has 2 N–H and O–H groups in total. The molecule has 1 unspecified atom stereocenters. The van der Waals surface area contributed by atoms with E-state index in [0.29, 0.717) is 25.3 Å². The summed E-state index contributed by atoms with van der Waals surface area (Å²) >= 11 is 3.43. The van der Waals surface area contributed by atoms with Gasteiger partial charge in [-0.25, -0.2) is 0 Å². The third kappa shape index (κ3) is 5.63. The van der Waals surface area contributed by atoms with E-state index in [1.807, 2.05) is 18.2 Å². The quantitative estimate of drug-likeness (QED) is 0.786. The molecule has 20 heavy (non-hydrogen) atoms. The van der Waals surface area contributed by atoms with Gasteiger partial charge in [0.05, 0.1) is 7.11 Å². The van der Waals surface area contributed by atoms with Gasteiger partial charge in [0.15, 0.2) is 0 Å². The van der Waals surface area contributed by atoms with Crippen molar-refractivity contribution in [1.82, 2.24) is 0 Å². The molecule has 0 fully saturated rings. The van der Waals surface area contributed by atoms with Crippen LogP contribution in [-0.2, 0) is 11.2 Å². The summed E-state index contributed by atoms with van der Waals surface area (Å²) < 4.78 is 6.26.